The van der Waals surface area contributed by atoms with E-state index in [1.165, 1.54) is 12.0 Å². The van der Waals surface area contributed by atoms with Crippen LogP contribution in [-0.4, -0.2) is 42.6 Å². The summed E-state index contributed by atoms with van der Waals surface area (Å²) in [5.74, 6) is -0.0196. The van der Waals surface area contributed by atoms with E-state index in [-0.39, 0.29) is 24.6 Å². The van der Waals surface area contributed by atoms with Crippen molar-refractivity contribution < 1.29 is 19.1 Å². The van der Waals surface area contributed by atoms with Gasteiger partial charge in [0.05, 0.1) is 13.2 Å². The van der Waals surface area contributed by atoms with Crippen molar-refractivity contribution >= 4 is 11.9 Å². The SMILES string of the molecule is COC(=O)CN(C(=O)c1cccc(OC(C)C)c1)C(C)C. The zero-order valence-corrected chi connectivity index (χ0v) is 13.3. The molecule has 0 spiro atoms. The van der Waals surface area contributed by atoms with Crippen molar-refractivity contribution in [1.29, 1.82) is 0 Å². The van der Waals surface area contributed by atoms with Crippen LogP contribution in [0.15, 0.2) is 24.3 Å². The van der Waals surface area contributed by atoms with Gasteiger partial charge in [0.25, 0.3) is 5.91 Å². The van der Waals surface area contributed by atoms with Crippen LogP contribution in [0.4, 0.5) is 0 Å². The molecule has 0 unspecified atom stereocenters. The van der Waals surface area contributed by atoms with Crippen LogP contribution in [0.25, 0.3) is 0 Å². The van der Waals surface area contributed by atoms with Crippen LogP contribution in [0.3, 0.4) is 0 Å². The van der Waals surface area contributed by atoms with Crippen LogP contribution in [-0.2, 0) is 9.53 Å². The molecule has 0 saturated heterocycles. The van der Waals surface area contributed by atoms with Gasteiger partial charge in [-0.05, 0) is 45.9 Å². The average Bonchev–Trinajstić information content (AvgIpc) is 2.43. The van der Waals surface area contributed by atoms with Crippen molar-refractivity contribution in [2.45, 2.75) is 39.8 Å². The fourth-order valence-corrected chi connectivity index (χ4v) is 1.83. The highest BCUT2D eigenvalue weighted by atomic mass is 16.5. The summed E-state index contributed by atoms with van der Waals surface area (Å²) >= 11 is 0. The van der Waals surface area contributed by atoms with Gasteiger partial charge in [-0.15, -0.1) is 0 Å². The molecule has 0 saturated carbocycles. The summed E-state index contributed by atoms with van der Waals surface area (Å²) in [5, 5.41) is 0. The van der Waals surface area contributed by atoms with Gasteiger partial charge in [-0.25, -0.2) is 0 Å². The van der Waals surface area contributed by atoms with Crippen molar-refractivity contribution in [2.24, 2.45) is 0 Å². The van der Waals surface area contributed by atoms with Crippen molar-refractivity contribution in [3.05, 3.63) is 29.8 Å². The number of esters is 1. The van der Waals surface area contributed by atoms with E-state index in [2.05, 4.69) is 4.74 Å². The number of benzene rings is 1. The second-order valence-corrected chi connectivity index (χ2v) is 5.30. The molecule has 0 aliphatic rings. The van der Waals surface area contributed by atoms with E-state index in [9.17, 15) is 9.59 Å². The molecule has 116 valence electrons. The number of nitrogens with zero attached hydrogens (tertiary/aromatic N) is 1. The maximum absolute atomic E-state index is 12.5. The number of carbonyl (C=O) groups is 2. The lowest BCUT2D eigenvalue weighted by Gasteiger charge is -2.25. The topological polar surface area (TPSA) is 55.8 Å². The first-order valence-electron chi connectivity index (χ1n) is 6.99. The first kappa shape index (κ1) is 17.0. The summed E-state index contributed by atoms with van der Waals surface area (Å²) in [5.41, 5.74) is 0.491. The first-order valence-corrected chi connectivity index (χ1v) is 6.99. The summed E-state index contributed by atoms with van der Waals surface area (Å²) in [6, 6.07) is 6.86. The molecule has 0 aromatic heterocycles. The van der Waals surface area contributed by atoms with Gasteiger partial charge in [0.1, 0.15) is 12.3 Å². The predicted molar refractivity (Wildman–Crippen MR) is 80.4 cm³/mol. The smallest absolute Gasteiger partial charge is 0.325 e. The molecule has 1 aromatic carbocycles. The van der Waals surface area contributed by atoms with Gasteiger partial charge in [-0.3, -0.25) is 9.59 Å². The summed E-state index contributed by atoms with van der Waals surface area (Å²) in [6.45, 7) is 7.49. The molecule has 0 aliphatic carbocycles. The van der Waals surface area contributed by atoms with Gasteiger partial charge in [-0.1, -0.05) is 6.07 Å². The van der Waals surface area contributed by atoms with Gasteiger partial charge in [0, 0.05) is 11.6 Å². The van der Waals surface area contributed by atoms with Crippen LogP contribution in [0, 0.1) is 0 Å². The Morgan fingerprint density at radius 1 is 1.19 bits per heavy atom. The Kier molecular flexibility index (Phi) is 6.21. The molecule has 5 heteroatoms. The van der Waals surface area contributed by atoms with Crippen LogP contribution >= 0.6 is 0 Å². The number of methoxy groups -OCH3 is 1. The van der Waals surface area contributed by atoms with Crippen LogP contribution < -0.4 is 4.74 Å². The van der Waals surface area contributed by atoms with E-state index < -0.39 is 5.97 Å². The second-order valence-electron chi connectivity index (χ2n) is 5.30. The molecular weight excluding hydrogens is 270 g/mol. The van der Waals surface area contributed by atoms with Crippen molar-refractivity contribution in [3.63, 3.8) is 0 Å². The maximum atomic E-state index is 12.5. The molecule has 0 radical (unpaired) electrons. The van der Waals surface area contributed by atoms with Gasteiger partial charge in [0.2, 0.25) is 0 Å². The molecule has 0 aliphatic heterocycles. The first-order chi connectivity index (χ1) is 9.85. The second kappa shape index (κ2) is 7.67. The highest BCUT2D eigenvalue weighted by Crippen LogP contribution is 2.17. The maximum Gasteiger partial charge on any atom is 0.325 e. The number of hydrogen-bond donors (Lipinski definition) is 0. The van der Waals surface area contributed by atoms with Gasteiger partial charge < -0.3 is 14.4 Å². The fourth-order valence-electron chi connectivity index (χ4n) is 1.83. The quantitative estimate of drug-likeness (QED) is 0.756. The Hall–Kier alpha value is -2.04. The van der Waals surface area contributed by atoms with Crippen LogP contribution in [0.1, 0.15) is 38.1 Å². The number of ether oxygens (including phenoxy) is 2. The Morgan fingerprint density at radius 2 is 1.86 bits per heavy atom. The fraction of sp³-hybridized carbons (Fsp3) is 0.500. The molecule has 5 nitrogen and oxygen atoms in total. The summed E-state index contributed by atoms with van der Waals surface area (Å²) in [6.07, 6.45) is 0.0339. The highest BCUT2D eigenvalue weighted by molar-refractivity contribution is 5.96. The van der Waals surface area contributed by atoms with Crippen LogP contribution in [0.5, 0.6) is 5.75 Å². The average molecular weight is 293 g/mol. The molecule has 1 amide bonds. The molecule has 1 aromatic rings. The minimum absolute atomic E-state index is 0.0339. The van der Waals surface area contributed by atoms with E-state index >= 15 is 0 Å². The van der Waals surface area contributed by atoms with E-state index in [0.29, 0.717) is 11.3 Å². The molecule has 0 atom stereocenters. The molecule has 0 N–H and O–H groups in total. The van der Waals surface area contributed by atoms with Gasteiger partial charge in [-0.2, -0.15) is 0 Å². The summed E-state index contributed by atoms with van der Waals surface area (Å²) < 4.78 is 10.2. The molecule has 0 bridgehead atoms. The number of amides is 1. The summed E-state index contributed by atoms with van der Waals surface area (Å²) in [4.78, 5) is 25.4. The van der Waals surface area contributed by atoms with E-state index in [0.717, 1.165) is 0 Å². The van der Waals surface area contributed by atoms with Crippen LogP contribution in [0.2, 0.25) is 0 Å². The van der Waals surface area contributed by atoms with E-state index in [1.807, 2.05) is 27.7 Å². The lowest BCUT2D eigenvalue weighted by atomic mass is 10.1. The molecule has 0 fully saturated rings. The third-order valence-corrected chi connectivity index (χ3v) is 2.86. The van der Waals surface area contributed by atoms with Crippen molar-refractivity contribution in [1.82, 2.24) is 4.90 Å². The number of rotatable bonds is 6. The lowest BCUT2D eigenvalue weighted by Crippen LogP contribution is -2.41. The van der Waals surface area contributed by atoms with E-state index in [1.54, 1.807) is 24.3 Å². The minimum atomic E-state index is -0.438. The highest BCUT2D eigenvalue weighted by Gasteiger charge is 2.22. The largest absolute Gasteiger partial charge is 0.491 e. The van der Waals surface area contributed by atoms with Crippen molar-refractivity contribution in [3.8, 4) is 5.75 Å². The molecular formula is C16H23NO4. The standard InChI is InChI=1S/C16H23NO4/c1-11(2)17(10-15(18)20-5)16(19)13-7-6-8-14(9-13)21-12(3)4/h6-9,11-12H,10H2,1-5H3. The molecule has 1 rings (SSSR count). The Morgan fingerprint density at radius 3 is 2.38 bits per heavy atom. The third-order valence-electron chi connectivity index (χ3n) is 2.86. The Bertz CT molecular complexity index is 497. The molecule has 21 heavy (non-hydrogen) atoms. The number of hydrogen-bond acceptors (Lipinski definition) is 4. The lowest BCUT2D eigenvalue weighted by molar-refractivity contribution is -0.141. The zero-order chi connectivity index (χ0) is 16.0. The summed E-state index contributed by atoms with van der Waals surface area (Å²) in [7, 11) is 1.31. The van der Waals surface area contributed by atoms with E-state index in [4.69, 9.17) is 4.74 Å². The normalized spacial score (nSPS) is 10.6. The number of carbonyl (C=O) groups excluding carboxylic acids is 2. The Labute approximate surface area is 125 Å². The molecule has 0 heterocycles. The predicted octanol–water partition coefficient (Wildman–Crippen LogP) is 2.50. The van der Waals surface area contributed by atoms with Gasteiger partial charge >= 0.3 is 5.97 Å². The minimum Gasteiger partial charge on any atom is -0.491 e. The van der Waals surface area contributed by atoms with Gasteiger partial charge in [0.15, 0.2) is 0 Å². The monoisotopic (exact) mass is 293 g/mol. The third kappa shape index (κ3) is 5.10. The Balaban J connectivity index is 2.95. The van der Waals surface area contributed by atoms with Crippen molar-refractivity contribution in [2.75, 3.05) is 13.7 Å². The zero-order valence-electron chi connectivity index (χ0n) is 13.3.